The molecule has 3 saturated heterocycles. The van der Waals surface area contributed by atoms with Crippen LogP contribution in [0.25, 0.3) is 10.9 Å². The molecule has 0 saturated carbocycles. The van der Waals surface area contributed by atoms with E-state index >= 15 is 0 Å². The first-order chi connectivity index (χ1) is 15.8. The van der Waals surface area contributed by atoms with Crippen molar-refractivity contribution >= 4 is 23.3 Å². The molecule has 2 aromatic carbocycles. The molecule has 3 aliphatic rings. The van der Waals surface area contributed by atoms with E-state index < -0.39 is 17.8 Å². The second kappa shape index (κ2) is 9.33. The molecule has 3 nitrogen and oxygen atoms in total. The van der Waals surface area contributed by atoms with Gasteiger partial charge in [0.05, 0.1) is 24.2 Å². The highest BCUT2D eigenvalue weighted by molar-refractivity contribution is 5.85. The fourth-order valence-electron chi connectivity index (χ4n) is 6.13. The van der Waals surface area contributed by atoms with Crippen molar-refractivity contribution in [1.29, 1.82) is 0 Å². The van der Waals surface area contributed by atoms with Crippen molar-refractivity contribution in [3.8, 4) is 0 Å². The van der Waals surface area contributed by atoms with Crippen LogP contribution in [0.15, 0.2) is 73.4 Å². The zero-order chi connectivity index (χ0) is 23.2. The van der Waals surface area contributed by atoms with E-state index in [0.29, 0.717) is 22.9 Å². The molecule has 0 amide bonds. The van der Waals surface area contributed by atoms with Crippen LogP contribution < -0.4 is 0 Å². The van der Waals surface area contributed by atoms with Crippen molar-refractivity contribution in [2.45, 2.75) is 37.7 Å². The second-order valence-corrected chi connectivity index (χ2v) is 9.59. The van der Waals surface area contributed by atoms with Gasteiger partial charge in [0.25, 0.3) is 0 Å². The minimum Gasteiger partial charge on any atom is -0.382 e. The molecule has 0 radical (unpaired) electrons. The molecule has 3 aliphatic heterocycles. The van der Waals surface area contributed by atoms with Crippen LogP contribution in [0.3, 0.4) is 0 Å². The highest BCUT2D eigenvalue weighted by Gasteiger charge is 2.54. The molecule has 0 spiro atoms. The zero-order valence-corrected chi connectivity index (χ0v) is 19.6. The number of pyridine rings is 1. The number of alkyl halides is 3. The van der Waals surface area contributed by atoms with Crippen LogP contribution in [0.5, 0.6) is 0 Å². The van der Waals surface area contributed by atoms with E-state index in [-0.39, 0.29) is 18.4 Å². The van der Waals surface area contributed by atoms with Crippen molar-refractivity contribution in [3.05, 3.63) is 90.1 Å². The van der Waals surface area contributed by atoms with Gasteiger partial charge in [-0.3, -0.25) is 4.98 Å². The summed E-state index contributed by atoms with van der Waals surface area (Å²) < 4.78 is 39.8. The van der Waals surface area contributed by atoms with Crippen molar-refractivity contribution in [3.63, 3.8) is 0 Å². The van der Waals surface area contributed by atoms with Gasteiger partial charge in [0.1, 0.15) is 18.7 Å². The Hall–Kier alpha value is -2.41. The maximum atomic E-state index is 13.1. The molecule has 2 bridgehead atoms. The van der Waals surface area contributed by atoms with E-state index in [4.69, 9.17) is 0 Å². The number of aliphatic hydroxyl groups is 1. The van der Waals surface area contributed by atoms with Crippen LogP contribution >= 0.6 is 12.4 Å². The minimum atomic E-state index is -4.34. The normalized spacial score (nSPS) is 27.2. The molecule has 180 valence electrons. The first kappa shape index (κ1) is 24.7. The molecule has 7 heteroatoms. The van der Waals surface area contributed by atoms with Crippen molar-refractivity contribution in [1.82, 2.24) is 4.98 Å². The van der Waals surface area contributed by atoms with Gasteiger partial charge < -0.3 is 9.59 Å². The number of para-hydroxylation sites is 1. The fraction of sp³-hybridized carbons (Fsp3) is 0.370. The first-order valence-corrected chi connectivity index (χ1v) is 11.5. The average Bonchev–Trinajstić information content (AvgIpc) is 2.83. The van der Waals surface area contributed by atoms with E-state index in [1.807, 2.05) is 36.4 Å². The van der Waals surface area contributed by atoms with E-state index in [9.17, 15) is 18.3 Å². The third-order valence-electron chi connectivity index (χ3n) is 7.82. The summed E-state index contributed by atoms with van der Waals surface area (Å²) in [5, 5.41) is 12.6. The summed E-state index contributed by atoms with van der Waals surface area (Å²) in [5.74, 6) is 0.827. The molecule has 5 atom stereocenters. The maximum Gasteiger partial charge on any atom is 0.416 e. The van der Waals surface area contributed by atoms with Gasteiger partial charge in [-0.1, -0.05) is 36.4 Å². The molecular formula is C27H29ClF3N2O+. The van der Waals surface area contributed by atoms with Crippen LogP contribution in [-0.4, -0.2) is 33.7 Å². The van der Waals surface area contributed by atoms with Gasteiger partial charge in [0.2, 0.25) is 0 Å². The number of rotatable bonds is 5. The maximum absolute atomic E-state index is 13.1. The van der Waals surface area contributed by atoms with E-state index in [2.05, 4.69) is 11.6 Å². The number of nitrogens with zero attached hydrogens (tertiary/aromatic N) is 2. The van der Waals surface area contributed by atoms with E-state index in [1.54, 1.807) is 18.3 Å². The van der Waals surface area contributed by atoms with Crippen LogP contribution in [0.2, 0.25) is 0 Å². The summed E-state index contributed by atoms with van der Waals surface area (Å²) in [7, 11) is 0. The molecule has 34 heavy (non-hydrogen) atoms. The van der Waals surface area contributed by atoms with Crippen LogP contribution in [0.4, 0.5) is 13.2 Å². The summed E-state index contributed by atoms with van der Waals surface area (Å²) in [6.07, 6.45) is 0.648. The van der Waals surface area contributed by atoms with E-state index in [0.717, 1.165) is 60.1 Å². The van der Waals surface area contributed by atoms with Crippen molar-refractivity contribution in [2.75, 3.05) is 13.1 Å². The molecule has 0 unspecified atom stereocenters. The van der Waals surface area contributed by atoms with Gasteiger partial charge in [-0.25, -0.2) is 0 Å². The fourth-order valence-corrected chi connectivity index (χ4v) is 6.13. The Balaban J connectivity index is 0.00000274. The lowest BCUT2D eigenvalue weighted by Gasteiger charge is -2.58. The number of fused-ring (bicyclic) bond motifs is 4. The molecule has 3 fully saturated rings. The number of hydrogen-bond donors (Lipinski definition) is 1. The monoisotopic (exact) mass is 489 g/mol. The predicted octanol–water partition coefficient (Wildman–Crippen LogP) is 6.32. The number of piperidine rings is 3. The molecule has 3 aromatic rings. The second-order valence-electron chi connectivity index (χ2n) is 9.59. The summed E-state index contributed by atoms with van der Waals surface area (Å²) in [6.45, 7) is 6.39. The number of aromatic nitrogens is 1. The Labute approximate surface area is 203 Å². The Kier molecular flexibility index (Phi) is 6.78. The largest absolute Gasteiger partial charge is 0.416 e. The van der Waals surface area contributed by atoms with E-state index in [1.165, 1.54) is 0 Å². The van der Waals surface area contributed by atoms with Gasteiger partial charge >= 0.3 is 6.18 Å². The van der Waals surface area contributed by atoms with Gasteiger partial charge in [0.15, 0.2) is 0 Å². The third kappa shape index (κ3) is 4.35. The molecule has 4 heterocycles. The SMILES string of the molecule is C=C[C@@H]1C[N@+]2(Cc3ccc(C(F)(F)F)cc3)CC[C@H]1C[C@H]2[C@H](O)c1ccnc2ccccc12.Cl. The topological polar surface area (TPSA) is 33.1 Å². The molecule has 0 aliphatic carbocycles. The lowest BCUT2D eigenvalue weighted by Crippen LogP contribution is -2.67. The third-order valence-corrected chi connectivity index (χ3v) is 7.82. The minimum absolute atomic E-state index is 0. The van der Waals surface area contributed by atoms with Crippen LogP contribution in [-0.2, 0) is 12.7 Å². The Bertz CT molecular complexity index is 1160. The highest BCUT2D eigenvalue weighted by Crippen LogP contribution is 2.48. The van der Waals surface area contributed by atoms with Gasteiger partial charge in [-0.2, -0.15) is 13.2 Å². The first-order valence-electron chi connectivity index (χ1n) is 11.5. The summed E-state index contributed by atoms with van der Waals surface area (Å²) in [5.41, 5.74) is 1.96. The van der Waals surface area contributed by atoms with Crippen molar-refractivity contribution < 1.29 is 22.8 Å². The number of aliphatic hydroxyl groups excluding tert-OH is 1. The number of quaternary nitrogens is 1. The number of hydrogen-bond acceptors (Lipinski definition) is 2. The standard InChI is InChI=1S/C27H28F3N2O.ClH/c1-2-19-17-32(16-18-7-9-21(10-8-18)27(28,29)30)14-12-20(19)15-25(32)26(33)23-11-13-31-24-6-4-3-5-22(23)24;/h2-11,13,19-20,25-26,33H,1,12,14-17H2;1H/q+1;/t19-,20+,25+,26-,32-;/m1./s1. The number of halogens is 4. The van der Waals surface area contributed by atoms with Gasteiger partial charge in [-0.15, -0.1) is 19.0 Å². The molecular weight excluding hydrogens is 461 g/mol. The smallest absolute Gasteiger partial charge is 0.382 e. The van der Waals surface area contributed by atoms with Gasteiger partial charge in [-0.05, 0) is 35.7 Å². The Morgan fingerprint density at radius 3 is 2.56 bits per heavy atom. The Morgan fingerprint density at radius 2 is 1.85 bits per heavy atom. The molecule has 1 N–H and O–H groups in total. The Morgan fingerprint density at radius 1 is 1.12 bits per heavy atom. The highest BCUT2D eigenvalue weighted by atomic mass is 35.5. The predicted molar refractivity (Wildman–Crippen MR) is 129 cm³/mol. The van der Waals surface area contributed by atoms with Crippen LogP contribution in [0.1, 0.15) is 35.6 Å². The van der Waals surface area contributed by atoms with Gasteiger partial charge in [0, 0.05) is 35.9 Å². The molecule has 1 aromatic heterocycles. The number of benzene rings is 2. The van der Waals surface area contributed by atoms with Crippen molar-refractivity contribution in [2.24, 2.45) is 11.8 Å². The van der Waals surface area contributed by atoms with Crippen LogP contribution in [0, 0.1) is 11.8 Å². The lowest BCUT2D eigenvalue weighted by molar-refractivity contribution is -0.984. The molecule has 6 rings (SSSR count). The summed E-state index contributed by atoms with van der Waals surface area (Å²) >= 11 is 0. The average molecular weight is 490 g/mol. The summed E-state index contributed by atoms with van der Waals surface area (Å²) in [6, 6.07) is 15.2. The zero-order valence-electron chi connectivity index (χ0n) is 18.8. The summed E-state index contributed by atoms with van der Waals surface area (Å²) in [4.78, 5) is 4.43. The lowest BCUT2D eigenvalue weighted by atomic mass is 9.71. The quantitative estimate of drug-likeness (QED) is 0.336.